The number of aliphatic hydroxyl groups excluding tert-OH is 1. The van der Waals surface area contributed by atoms with Crippen LogP contribution in [-0.2, 0) is 27.9 Å². The third-order valence-corrected chi connectivity index (χ3v) is 8.80. The third kappa shape index (κ3) is 7.50. The van der Waals surface area contributed by atoms with Crippen LogP contribution in [0.5, 0.6) is 5.75 Å². The molecule has 40 heavy (non-hydrogen) atoms. The molecule has 2 aliphatic heterocycles. The lowest BCUT2D eigenvalue weighted by Gasteiger charge is -2.33. The molecule has 210 valence electrons. The molecule has 2 fully saturated rings. The molecule has 0 radical (unpaired) electrons. The van der Waals surface area contributed by atoms with Gasteiger partial charge in [0.2, 0.25) is 0 Å². The van der Waals surface area contributed by atoms with Gasteiger partial charge in [-0.3, -0.25) is 4.90 Å². The van der Waals surface area contributed by atoms with E-state index in [0.717, 1.165) is 61.4 Å². The van der Waals surface area contributed by atoms with E-state index < -0.39 is 11.0 Å². The van der Waals surface area contributed by atoms with E-state index in [2.05, 4.69) is 16.0 Å². The second-order valence-electron chi connectivity index (χ2n) is 10.1. The number of hydrogen-bond donors (Lipinski definition) is 1. The highest BCUT2D eigenvalue weighted by Crippen LogP contribution is 2.27. The van der Waals surface area contributed by atoms with Crippen molar-refractivity contribution in [2.24, 2.45) is 0 Å². The minimum atomic E-state index is -1.07. The molecule has 1 aromatic heterocycles. The normalized spacial score (nSPS) is 17.8. The van der Waals surface area contributed by atoms with E-state index >= 15 is 0 Å². The largest absolute Gasteiger partial charge is 0.489 e. The van der Waals surface area contributed by atoms with Crippen LogP contribution in [0.4, 0.5) is 0 Å². The number of nitrogens with zero attached hydrogens (tertiary/aromatic N) is 5. The summed E-state index contributed by atoms with van der Waals surface area (Å²) in [5, 5.41) is 18.8. The van der Waals surface area contributed by atoms with Crippen LogP contribution < -0.4 is 4.74 Å². The van der Waals surface area contributed by atoms with Crippen molar-refractivity contribution in [1.82, 2.24) is 19.2 Å². The Kier molecular flexibility index (Phi) is 9.86. The average Bonchev–Trinajstić information content (AvgIpc) is 2.99. The SMILES string of the molecule is N#Cc1cc(-c2ccnc(Cc3ccc(CS(=O)N4CCN(CCO)CC4)cc3)n2)ccc1OC1CCOCC1. The Morgan fingerprint density at radius 2 is 1.80 bits per heavy atom. The van der Waals surface area contributed by atoms with Gasteiger partial charge in [0.1, 0.15) is 23.7 Å². The van der Waals surface area contributed by atoms with Crippen LogP contribution in [0.1, 0.15) is 35.4 Å². The van der Waals surface area contributed by atoms with Crippen molar-refractivity contribution in [1.29, 1.82) is 5.26 Å². The van der Waals surface area contributed by atoms with Crippen LogP contribution in [0.15, 0.2) is 54.7 Å². The Bertz CT molecular complexity index is 1330. The number of ether oxygens (including phenoxy) is 2. The van der Waals surface area contributed by atoms with E-state index in [1.165, 1.54) is 0 Å². The summed E-state index contributed by atoms with van der Waals surface area (Å²) in [5.74, 6) is 1.77. The predicted molar refractivity (Wildman–Crippen MR) is 153 cm³/mol. The van der Waals surface area contributed by atoms with Gasteiger partial charge in [-0.15, -0.1) is 0 Å². The Morgan fingerprint density at radius 1 is 1.05 bits per heavy atom. The Balaban J connectivity index is 1.19. The number of aliphatic hydroxyl groups is 1. The lowest BCUT2D eigenvalue weighted by molar-refractivity contribution is 0.0254. The molecule has 0 amide bonds. The summed E-state index contributed by atoms with van der Waals surface area (Å²) in [6.07, 6.45) is 4.03. The van der Waals surface area contributed by atoms with E-state index in [1.54, 1.807) is 6.20 Å². The van der Waals surface area contributed by atoms with E-state index in [1.807, 2.05) is 52.8 Å². The molecule has 3 heterocycles. The Morgan fingerprint density at radius 3 is 2.52 bits per heavy atom. The topological polar surface area (TPSA) is 112 Å². The highest BCUT2D eigenvalue weighted by atomic mass is 32.2. The molecule has 3 aromatic rings. The summed E-state index contributed by atoms with van der Waals surface area (Å²) in [6.45, 7) is 5.36. The first-order valence-electron chi connectivity index (χ1n) is 13.8. The molecule has 2 aromatic carbocycles. The first-order chi connectivity index (χ1) is 19.6. The van der Waals surface area contributed by atoms with Crippen LogP contribution in [0.25, 0.3) is 11.3 Å². The van der Waals surface area contributed by atoms with Crippen molar-refractivity contribution in [2.45, 2.75) is 31.1 Å². The zero-order valence-corrected chi connectivity index (χ0v) is 23.4. The van der Waals surface area contributed by atoms with Gasteiger partial charge in [0.15, 0.2) is 0 Å². The lowest BCUT2D eigenvalue weighted by Crippen LogP contribution is -2.47. The van der Waals surface area contributed by atoms with Gasteiger partial charge in [0, 0.05) is 63.7 Å². The van der Waals surface area contributed by atoms with Crippen LogP contribution in [-0.4, -0.2) is 87.1 Å². The van der Waals surface area contributed by atoms with E-state index in [9.17, 15) is 9.47 Å². The molecule has 0 bridgehead atoms. The molecule has 1 N–H and O–H groups in total. The van der Waals surface area contributed by atoms with Crippen molar-refractivity contribution >= 4 is 11.0 Å². The Hall–Kier alpha value is -3.20. The van der Waals surface area contributed by atoms with Gasteiger partial charge in [-0.2, -0.15) is 5.26 Å². The molecule has 1 atom stereocenters. The number of rotatable bonds is 10. The fraction of sp³-hybridized carbons (Fsp3) is 0.433. The smallest absolute Gasteiger partial charge is 0.137 e. The molecule has 0 saturated carbocycles. The minimum absolute atomic E-state index is 0.0665. The molecular formula is C30H35N5O4S. The summed E-state index contributed by atoms with van der Waals surface area (Å²) in [6, 6.07) is 17.8. The number of hydrogen-bond acceptors (Lipinski definition) is 8. The molecule has 0 aliphatic carbocycles. The van der Waals surface area contributed by atoms with Crippen molar-refractivity contribution in [3.8, 4) is 23.1 Å². The van der Waals surface area contributed by atoms with Gasteiger partial charge in [-0.1, -0.05) is 24.3 Å². The fourth-order valence-electron chi connectivity index (χ4n) is 4.97. The first kappa shape index (κ1) is 28.3. The molecule has 0 spiro atoms. The molecular weight excluding hydrogens is 526 g/mol. The molecule has 10 heteroatoms. The number of benzene rings is 2. The monoisotopic (exact) mass is 561 g/mol. The minimum Gasteiger partial charge on any atom is -0.489 e. The van der Waals surface area contributed by atoms with E-state index in [4.69, 9.17) is 19.6 Å². The number of piperazine rings is 1. The van der Waals surface area contributed by atoms with Gasteiger partial charge >= 0.3 is 0 Å². The fourth-order valence-corrected chi connectivity index (χ4v) is 6.20. The predicted octanol–water partition coefficient (Wildman–Crippen LogP) is 2.94. The van der Waals surface area contributed by atoms with Gasteiger partial charge in [-0.05, 0) is 35.4 Å². The van der Waals surface area contributed by atoms with E-state index in [-0.39, 0.29) is 12.7 Å². The maximum atomic E-state index is 12.9. The summed E-state index contributed by atoms with van der Waals surface area (Å²) in [7, 11) is -1.07. The summed E-state index contributed by atoms with van der Waals surface area (Å²) in [4.78, 5) is 11.4. The van der Waals surface area contributed by atoms with Crippen molar-refractivity contribution in [2.75, 3.05) is 52.5 Å². The lowest BCUT2D eigenvalue weighted by atomic mass is 10.1. The molecule has 9 nitrogen and oxygen atoms in total. The van der Waals surface area contributed by atoms with Crippen molar-refractivity contribution in [3.05, 3.63) is 77.2 Å². The number of β-amino-alcohol motifs (C(OH)–C–C–N with tert-alkyl or cyclic N) is 1. The van der Waals surface area contributed by atoms with Crippen LogP contribution in [0, 0.1) is 11.3 Å². The maximum absolute atomic E-state index is 12.9. The van der Waals surface area contributed by atoms with Crippen LogP contribution in [0.3, 0.4) is 0 Å². The summed E-state index contributed by atoms with van der Waals surface area (Å²) < 4.78 is 26.4. The maximum Gasteiger partial charge on any atom is 0.137 e. The van der Waals surface area contributed by atoms with E-state index in [0.29, 0.717) is 49.1 Å². The zero-order chi connectivity index (χ0) is 27.7. The molecule has 5 rings (SSSR count). The van der Waals surface area contributed by atoms with Crippen molar-refractivity contribution < 1.29 is 18.8 Å². The standard InChI is InChI=1S/C30H35N5O4S/c31-21-26-20-25(5-6-29(26)39-27-8-17-38-18-9-27)28-7-10-32-30(33-28)19-23-1-3-24(4-2-23)22-40(37)35-13-11-34(12-14-35)15-16-36/h1-7,10,20,27,36H,8-9,11-19,22H2. The highest BCUT2D eigenvalue weighted by Gasteiger charge is 2.21. The highest BCUT2D eigenvalue weighted by molar-refractivity contribution is 7.81. The second-order valence-corrected chi connectivity index (χ2v) is 11.5. The van der Waals surface area contributed by atoms with Gasteiger partial charge < -0.3 is 14.6 Å². The Labute approximate surface area is 238 Å². The third-order valence-electron chi connectivity index (χ3n) is 7.27. The number of nitriles is 1. The first-order valence-corrected chi connectivity index (χ1v) is 15.0. The van der Waals surface area contributed by atoms with Gasteiger partial charge in [0.05, 0.1) is 47.8 Å². The average molecular weight is 562 g/mol. The molecule has 1 unspecified atom stereocenters. The quantitative estimate of drug-likeness (QED) is 0.402. The number of aromatic nitrogens is 2. The van der Waals surface area contributed by atoms with Crippen molar-refractivity contribution in [3.63, 3.8) is 0 Å². The molecule has 2 saturated heterocycles. The van der Waals surface area contributed by atoms with Crippen LogP contribution >= 0.6 is 0 Å². The summed E-state index contributed by atoms with van der Waals surface area (Å²) in [5.41, 5.74) is 4.19. The van der Waals surface area contributed by atoms with Crippen LogP contribution in [0.2, 0.25) is 0 Å². The van der Waals surface area contributed by atoms with Gasteiger partial charge in [-0.25, -0.2) is 18.5 Å². The zero-order valence-electron chi connectivity index (χ0n) is 22.6. The molecule has 2 aliphatic rings. The second kappa shape index (κ2) is 13.9. The summed E-state index contributed by atoms with van der Waals surface area (Å²) >= 11 is 0. The van der Waals surface area contributed by atoms with Gasteiger partial charge in [0.25, 0.3) is 0 Å².